The van der Waals surface area contributed by atoms with Gasteiger partial charge in [-0.15, -0.1) is 0 Å². The molecule has 0 spiro atoms. The third kappa shape index (κ3) is 4.37. The van der Waals surface area contributed by atoms with Gasteiger partial charge in [-0.25, -0.2) is 0 Å². The van der Waals surface area contributed by atoms with Gasteiger partial charge >= 0.3 is 0 Å². The van der Waals surface area contributed by atoms with Gasteiger partial charge in [-0.1, -0.05) is 6.42 Å². The number of unbranched alkanes of at least 4 members (excludes halogenated alkanes) is 1. The minimum Gasteiger partial charge on any atom is -0.314 e. The summed E-state index contributed by atoms with van der Waals surface area (Å²) in [6.07, 6.45) is 9.27. The molecule has 0 amide bonds. The molecule has 0 radical (unpaired) electrons. The molecule has 0 aromatic carbocycles. The molecule has 0 bridgehead atoms. The number of hydrogen-bond acceptors (Lipinski definition) is 2. The molecular weight excluding hydrogens is 178 g/mol. The normalized spacial score (nSPS) is 19.8. The van der Waals surface area contributed by atoms with Gasteiger partial charge in [0, 0.05) is 6.04 Å². The molecule has 1 aliphatic rings. The van der Waals surface area contributed by atoms with Gasteiger partial charge in [0.25, 0.3) is 0 Å². The standard InChI is InChI=1S/C11H23NS/c1-10(11-6-5-7-11)12-8-3-4-9-13-2/h10-12H,3-9H2,1-2H3. The molecule has 1 aliphatic carbocycles. The Morgan fingerprint density at radius 1 is 1.38 bits per heavy atom. The lowest BCUT2D eigenvalue weighted by molar-refractivity contribution is 0.241. The molecule has 1 atom stereocenters. The summed E-state index contributed by atoms with van der Waals surface area (Å²) in [6, 6.07) is 0.767. The first-order valence-electron chi connectivity index (χ1n) is 5.57. The second kappa shape index (κ2) is 6.72. The fraction of sp³-hybridized carbons (Fsp3) is 1.00. The lowest BCUT2D eigenvalue weighted by atomic mass is 9.80. The van der Waals surface area contributed by atoms with Crippen LogP contribution < -0.4 is 5.32 Å². The Labute approximate surface area is 87.1 Å². The Morgan fingerprint density at radius 2 is 2.15 bits per heavy atom. The number of hydrogen-bond donors (Lipinski definition) is 1. The summed E-state index contributed by atoms with van der Waals surface area (Å²) in [6.45, 7) is 3.57. The van der Waals surface area contributed by atoms with E-state index in [9.17, 15) is 0 Å². The first kappa shape index (κ1) is 11.4. The summed E-state index contributed by atoms with van der Waals surface area (Å²) in [4.78, 5) is 0. The molecule has 0 saturated heterocycles. The predicted octanol–water partition coefficient (Wildman–Crippen LogP) is 2.91. The molecule has 1 unspecified atom stereocenters. The van der Waals surface area contributed by atoms with Gasteiger partial charge in [0.2, 0.25) is 0 Å². The van der Waals surface area contributed by atoms with E-state index in [-0.39, 0.29) is 0 Å². The van der Waals surface area contributed by atoms with Crippen LogP contribution in [0.25, 0.3) is 0 Å². The molecule has 78 valence electrons. The highest BCUT2D eigenvalue weighted by molar-refractivity contribution is 7.98. The van der Waals surface area contributed by atoms with E-state index in [1.807, 2.05) is 11.8 Å². The van der Waals surface area contributed by atoms with Crippen molar-refractivity contribution in [3.63, 3.8) is 0 Å². The van der Waals surface area contributed by atoms with Crippen LogP contribution in [-0.4, -0.2) is 24.6 Å². The van der Waals surface area contributed by atoms with Crippen molar-refractivity contribution >= 4 is 11.8 Å². The lowest BCUT2D eigenvalue weighted by Crippen LogP contribution is -2.37. The summed E-state index contributed by atoms with van der Waals surface area (Å²) in [5.74, 6) is 2.31. The van der Waals surface area contributed by atoms with Gasteiger partial charge in [-0.3, -0.25) is 0 Å². The quantitative estimate of drug-likeness (QED) is 0.636. The van der Waals surface area contributed by atoms with Crippen molar-refractivity contribution in [3.05, 3.63) is 0 Å². The highest BCUT2D eigenvalue weighted by atomic mass is 32.2. The Kier molecular flexibility index (Phi) is 5.88. The zero-order valence-electron chi connectivity index (χ0n) is 9.01. The summed E-state index contributed by atoms with van der Waals surface area (Å²) in [5, 5.41) is 3.63. The molecule has 0 aromatic heterocycles. The van der Waals surface area contributed by atoms with Crippen molar-refractivity contribution in [2.24, 2.45) is 5.92 Å². The second-order valence-corrected chi connectivity index (χ2v) is 5.12. The second-order valence-electron chi connectivity index (χ2n) is 4.13. The van der Waals surface area contributed by atoms with Crippen LogP contribution in [0.5, 0.6) is 0 Å². The number of thioether (sulfide) groups is 1. The monoisotopic (exact) mass is 201 g/mol. The smallest absolute Gasteiger partial charge is 0.00669 e. The van der Waals surface area contributed by atoms with Gasteiger partial charge in [0.05, 0.1) is 0 Å². The van der Waals surface area contributed by atoms with Crippen molar-refractivity contribution in [1.82, 2.24) is 5.32 Å². The third-order valence-electron chi connectivity index (χ3n) is 3.10. The van der Waals surface area contributed by atoms with Gasteiger partial charge in [0.15, 0.2) is 0 Å². The number of rotatable bonds is 7. The van der Waals surface area contributed by atoms with Gasteiger partial charge in [-0.2, -0.15) is 11.8 Å². The third-order valence-corrected chi connectivity index (χ3v) is 3.80. The fourth-order valence-corrected chi connectivity index (χ4v) is 2.30. The van der Waals surface area contributed by atoms with Crippen molar-refractivity contribution in [1.29, 1.82) is 0 Å². The largest absolute Gasteiger partial charge is 0.314 e. The van der Waals surface area contributed by atoms with E-state index >= 15 is 0 Å². The average molecular weight is 201 g/mol. The van der Waals surface area contributed by atoms with Crippen LogP contribution in [-0.2, 0) is 0 Å². The first-order chi connectivity index (χ1) is 6.34. The fourth-order valence-electron chi connectivity index (χ4n) is 1.81. The van der Waals surface area contributed by atoms with Crippen molar-refractivity contribution in [2.45, 2.75) is 45.1 Å². The van der Waals surface area contributed by atoms with E-state index in [1.165, 1.54) is 44.4 Å². The van der Waals surface area contributed by atoms with E-state index in [4.69, 9.17) is 0 Å². The molecule has 0 heterocycles. The zero-order valence-corrected chi connectivity index (χ0v) is 9.83. The molecule has 2 heteroatoms. The van der Waals surface area contributed by atoms with Gasteiger partial charge in [-0.05, 0) is 57.1 Å². The summed E-state index contributed by atoms with van der Waals surface area (Å²) >= 11 is 1.95. The minimum absolute atomic E-state index is 0.767. The Hall–Kier alpha value is 0.310. The Bertz CT molecular complexity index is 123. The molecule has 13 heavy (non-hydrogen) atoms. The number of nitrogens with one attached hydrogen (secondary N) is 1. The molecule has 1 N–H and O–H groups in total. The average Bonchev–Trinajstić information content (AvgIpc) is 2.01. The molecular formula is C11H23NS. The highest BCUT2D eigenvalue weighted by Crippen LogP contribution is 2.29. The van der Waals surface area contributed by atoms with Crippen LogP contribution in [0.15, 0.2) is 0 Å². The van der Waals surface area contributed by atoms with E-state index in [1.54, 1.807) is 0 Å². The molecule has 1 rings (SSSR count). The molecule has 1 fully saturated rings. The summed E-state index contributed by atoms with van der Waals surface area (Å²) in [7, 11) is 0. The topological polar surface area (TPSA) is 12.0 Å². The van der Waals surface area contributed by atoms with Crippen LogP contribution in [0.1, 0.15) is 39.0 Å². The molecule has 0 aromatic rings. The van der Waals surface area contributed by atoms with Gasteiger partial charge < -0.3 is 5.32 Å². The van der Waals surface area contributed by atoms with Crippen LogP contribution >= 0.6 is 11.8 Å². The van der Waals surface area contributed by atoms with Crippen LogP contribution in [0.3, 0.4) is 0 Å². The van der Waals surface area contributed by atoms with Crippen LogP contribution in [0, 0.1) is 5.92 Å². The maximum absolute atomic E-state index is 3.63. The van der Waals surface area contributed by atoms with Crippen molar-refractivity contribution in [3.8, 4) is 0 Å². The van der Waals surface area contributed by atoms with Crippen molar-refractivity contribution < 1.29 is 0 Å². The van der Waals surface area contributed by atoms with E-state index in [2.05, 4.69) is 18.5 Å². The van der Waals surface area contributed by atoms with E-state index in [0.29, 0.717) is 0 Å². The van der Waals surface area contributed by atoms with E-state index in [0.717, 1.165) is 12.0 Å². The maximum atomic E-state index is 3.63. The molecule has 1 nitrogen and oxygen atoms in total. The Morgan fingerprint density at radius 3 is 2.69 bits per heavy atom. The van der Waals surface area contributed by atoms with Gasteiger partial charge in [0.1, 0.15) is 0 Å². The van der Waals surface area contributed by atoms with Crippen LogP contribution in [0.4, 0.5) is 0 Å². The molecule has 0 aliphatic heterocycles. The van der Waals surface area contributed by atoms with E-state index < -0.39 is 0 Å². The first-order valence-corrected chi connectivity index (χ1v) is 6.96. The zero-order chi connectivity index (χ0) is 9.52. The van der Waals surface area contributed by atoms with Crippen molar-refractivity contribution in [2.75, 3.05) is 18.6 Å². The predicted molar refractivity (Wildman–Crippen MR) is 62.4 cm³/mol. The highest BCUT2D eigenvalue weighted by Gasteiger charge is 2.22. The minimum atomic E-state index is 0.767. The summed E-state index contributed by atoms with van der Waals surface area (Å²) < 4.78 is 0. The lowest BCUT2D eigenvalue weighted by Gasteiger charge is -2.32. The Balaban J connectivity index is 1.86. The van der Waals surface area contributed by atoms with Crippen LogP contribution in [0.2, 0.25) is 0 Å². The maximum Gasteiger partial charge on any atom is 0.00669 e. The molecule has 1 saturated carbocycles. The summed E-state index contributed by atoms with van der Waals surface area (Å²) in [5.41, 5.74) is 0. The SMILES string of the molecule is CSCCCCNC(C)C1CCC1.